The number of anilines is 1. The molecular weight excluding hydrogens is 370 g/mol. The molecule has 0 radical (unpaired) electrons. The summed E-state index contributed by atoms with van der Waals surface area (Å²) < 4.78 is 0.977. The van der Waals surface area contributed by atoms with Crippen molar-refractivity contribution in [2.45, 2.75) is 20.8 Å². The van der Waals surface area contributed by atoms with Crippen LogP contribution in [0.5, 0.6) is 0 Å². The van der Waals surface area contributed by atoms with Crippen LogP contribution in [0.4, 0.5) is 5.69 Å². The van der Waals surface area contributed by atoms with E-state index in [-0.39, 0.29) is 23.2 Å². The van der Waals surface area contributed by atoms with E-state index in [2.05, 4.69) is 26.2 Å². The highest BCUT2D eigenvalue weighted by Gasteiger charge is 2.16. The van der Waals surface area contributed by atoms with Crippen LogP contribution in [0.15, 0.2) is 40.9 Å². The van der Waals surface area contributed by atoms with Gasteiger partial charge in [0.25, 0.3) is 11.8 Å². The van der Waals surface area contributed by atoms with Crippen LogP contribution >= 0.6 is 15.9 Å². The Morgan fingerprint density at radius 1 is 1.12 bits per heavy atom. The Hall–Kier alpha value is -2.21. The molecular formula is C18H20BrN3O2. The number of nitrogens with zero attached hydrogens (tertiary/aromatic N) is 2. The summed E-state index contributed by atoms with van der Waals surface area (Å²) in [5.74, 6) is -0.514. The van der Waals surface area contributed by atoms with Crippen molar-refractivity contribution in [2.75, 3.05) is 18.4 Å². The summed E-state index contributed by atoms with van der Waals surface area (Å²) in [6, 6.07) is 10.4. The summed E-state index contributed by atoms with van der Waals surface area (Å²) in [4.78, 5) is 30.6. The summed E-state index contributed by atoms with van der Waals surface area (Å²) in [6.07, 6.45) is 0. The number of hydrogen-bond acceptors (Lipinski definition) is 3. The van der Waals surface area contributed by atoms with E-state index in [1.807, 2.05) is 32.9 Å². The van der Waals surface area contributed by atoms with E-state index in [9.17, 15) is 9.59 Å². The van der Waals surface area contributed by atoms with Crippen LogP contribution < -0.4 is 5.32 Å². The van der Waals surface area contributed by atoms with E-state index >= 15 is 0 Å². The fourth-order valence-electron chi connectivity index (χ4n) is 2.27. The summed E-state index contributed by atoms with van der Waals surface area (Å²) in [7, 11) is 0. The minimum atomic E-state index is -0.342. The van der Waals surface area contributed by atoms with Gasteiger partial charge >= 0.3 is 0 Å². The van der Waals surface area contributed by atoms with E-state index in [0.29, 0.717) is 18.8 Å². The number of carbonyl (C=O) groups excluding carboxylic acids is 2. The molecule has 0 aliphatic rings. The predicted octanol–water partition coefficient (Wildman–Crippen LogP) is 3.89. The third kappa shape index (κ3) is 4.20. The first kappa shape index (κ1) is 18.1. The summed E-state index contributed by atoms with van der Waals surface area (Å²) in [5, 5.41) is 2.80. The van der Waals surface area contributed by atoms with Gasteiger partial charge in [-0.1, -0.05) is 22.0 Å². The Bertz CT molecular complexity index is 758. The molecule has 1 aromatic carbocycles. The maximum Gasteiger partial charge on any atom is 0.274 e. The minimum absolute atomic E-state index is 0.172. The molecule has 0 atom stereocenters. The van der Waals surface area contributed by atoms with Crippen molar-refractivity contribution in [3.05, 3.63) is 57.8 Å². The van der Waals surface area contributed by atoms with E-state index < -0.39 is 0 Å². The maximum atomic E-state index is 12.4. The zero-order valence-corrected chi connectivity index (χ0v) is 15.6. The van der Waals surface area contributed by atoms with E-state index in [4.69, 9.17) is 0 Å². The second-order valence-corrected chi connectivity index (χ2v) is 6.16. The van der Waals surface area contributed by atoms with Crippen LogP contribution in [0.3, 0.4) is 0 Å². The van der Waals surface area contributed by atoms with E-state index in [1.54, 1.807) is 29.2 Å². The van der Waals surface area contributed by atoms with Gasteiger partial charge < -0.3 is 10.2 Å². The van der Waals surface area contributed by atoms with Gasteiger partial charge in [0, 0.05) is 23.2 Å². The molecule has 0 saturated heterocycles. The highest BCUT2D eigenvalue weighted by molar-refractivity contribution is 9.10. The zero-order chi connectivity index (χ0) is 17.7. The lowest BCUT2D eigenvalue weighted by atomic mass is 10.2. The van der Waals surface area contributed by atoms with Crippen molar-refractivity contribution in [3.63, 3.8) is 0 Å². The molecule has 24 heavy (non-hydrogen) atoms. The van der Waals surface area contributed by atoms with Crippen LogP contribution in [0.1, 0.15) is 40.4 Å². The summed E-state index contributed by atoms with van der Waals surface area (Å²) >= 11 is 3.43. The van der Waals surface area contributed by atoms with Gasteiger partial charge in [-0.3, -0.25) is 9.59 Å². The standard InChI is InChI=1S/C18H20BrN3O2/c1-4-22(5-2)18(24)16-8-6-7-15(21-16)17(23)20-13-9-10-14(19)12(3)11-13/h6-11H,4-5H2,1-3H3,(H,20,23). The van der Waals surface area contributed by atoms with Crippen molar-refractivity contribution in [3.8, 4) is 0 Å². The number of pyridine rings is 1. The van der Waals surface area contributed by atoms with Crippen molar-refractivity contribution in [1.29, 1.82) is 0 Å². The fraction of sp³-hybridized carbons (Fsp3) is 0.278. The Balaban J connectivity index is 2.19. The summed E-state index contributed by atoms with van der Waals surface area (Å²) in [6.45, 7) is 6.97. The number of nitrogens with one attached hydrogen (secondary N) is 1. The Morgan fingerprint density at radius 3 is 2.42 bits per heavy atom. The minimum Gasteiger partial charge on any atom is -0.338 e. The molecule has 0 unspecified atom stereocenters. The van der Waals surface area contributed by atoms with Crippen LogP contribution in [0.2, 0.25) is 0 Å². The lowest BCUT2D eigenvalue weighted by molar-refractivity contribution is 0.0767. The fourth-order valence-corrected chi connectivity index (χ4v) is 2.52. The highest BCUT2D eigenvalue weighted by atomic mass is 79.9. The average Bonchev–Trinajstić information content (AvgIpc) is 2.59. The number of aryl methyl sites for hydroxylation is 1. The molecule has 1 heterocycles. The van der Waals surface area contributed by atoms with Gasteiger partial charge in [-0.2, -0.15) is 0 Å². The Kier molecular flexibility index (Phi) is 6.09. The quantitative estimate of drug-likeness (QED) is 0.843. The van der Waals surface area contributed by atoms with Gasteiger partial charge in [0.1, 0.15) is 11.4 Å². The molecule has 1 N–H and O–H groups in total. The third-order valence-corrected chi connectivity index (χ3v) is 4.56. The average molecular weight is 390 g/mol. The zero-order valence-electron chi connectivity index (χ0n) is 14.0. The maximum absolute atomic E-state index is 12.4. The lowest BCUT2D eigenvalue weighted by Gasteiger charge is -2.18. The Labute approximate surface area is 150 Å². The Morgan fingerprint density at radius 2 is 1.79 bits per heavy atom. The van der Waals surface area contributed by atoms with Gasteiger partial charge in [0.05, 0.1) is 0 Å². The van der Waals surface area contributed by atoms with Crippen LogP contribution in [0, 0.1) is 6.92 Å². The van der Waals surface area contributed by atoms with Gasteiger partial charge in [-0.05, 0) is 56.7 Å². The number of carbonyl (C=O) groups is 2. The van der Waals surface area contributed by atoms with Gasteiger partial charge in [-0.15, -0.1) is 0 Å². The molecule has 0 spiro atoms. The van der Waals surface area contributed by atoms with Gasteiger partial charge in [0.2, 0.25) is 0 Å². The van der Waals surface area contributed by atoms with Crippen LogP contribution in [0.25, 0.3) is 0 Å². The number of amides is 2. The predicted molar refractivity (Wildman–Crippen MR) is 98.3 cm³/mol. The molecule has 6 heteroatoms. The largest absolute Gasteiger partial charge is 0.338 e. The van der Waals surface area contributed by atoms with E-state index in [0.717, 1.165) is 10.0 Å². The van der Waals surface area contributed by atoms with E-state index in [1.165, 1.54) is 0 Å². The lowest BCUT2D eigenvalue weighted by Crippen LogP contribution is -2.31. The highest BCUT2D eigenvalue weighted by Crippen LogP contribution is 2.20. The first-order valence-electron chi connectivity index (χ1n) is 7.80. The van der Waals surface area contributed by atoms with Crippen molar-refractivity contribution < 1.29 is 9.59 Å². The van der Waals surface area contributed by atoms with Gasteiger partial charge in [-0.25, -0.2) is 4.98 Å². The van der Waals surface area contributed by atoms with Crippen molar-refractivity contribution >= 4 is 33.4 Å². The molecule has 2 amide bonds. The summed E-state index contributed by atoms with van der Waals surface area (Å²) in [5.41, 5.74) is 2.20. The second-order valence-electron chi connectivity index (χ2n) is 5.30. The molecule has 0 saturated carbocycles. The van der Waals surface area contributed by atoms with Gasteiger partial charge in [0.15, 0.2) is 0 Å². The molecule has 1 aromatic heterocycles. The third-order valence-electron chi connectivity index (χ3n) is 3.67. The number of halogens is 1. The second kappa shape index (κ2) is 8.06. The first-order valence-corrected chi connectivity index (χ1v) is 8.59. The van der Waals surface area contributed by atoms with Crippen LogP contribution in [-0.2, 0) is 0 Å². The van der Waals surface area contributed by atoms with Crippen molar-refractivity contribution in [1.82, 2.24) is 9.88 Å². The normalized spacial score (nSPS) is 10.3. The number of benzene rings is 1. The number of aromatic nitrogens is 1. The number of rotatable bonds is 5. The van der Waals surface area contributed by atoms with Crippen molar-refractivity contribution in [2.24, 2.45) is 0 Å². The SMILES string of the molecule is CCN(CC)C(=O)c1cccc(C(=O)Nc2ccc(Br)c(C)c2)n1. The first-order chi connectivity index (χ1) is 11.5. The molecule has 126 valence electrons. The molecule has 2 rings (SSSR count). The monoisotopic (exact) mass is 389 g/mol. The molecule has 5 nitrogen and oxygen atoms in total. The smallest absolute Gasteiger partial charge is 0.274 e. The molecule has 0 bridgehead atoms. The number of hydrogen-bond donors (Lipinski definition) is 1. The molecule has 2 aromatic rings. The van der Waals surface area contributed by atoms with Crippen LogP contribution in [-0.4, -0.2) is 34.8 Å². The molecule has 0 fully saturated rings. The topological polar surface area (TPSA) is 62.3 Å². The molecule has 0 aliphatic heterocycles. The molecule has 0 aliphatic carbocycles.